The van der Waals surface area contributed by atoms with E-state index < -0.39 is 0 Å². The van der Waals surface area contributed by atoms with Crippen LogP contribution in [0, 0.1) is 0 Å². The number of aryl methyl sites for hydroxylation is 2. The number of hydrogen-bond donors (Lipinski definition) is 0. The van der Waals surface area contributed by atoms with Gasteiger partial charge in [0.15, 0.2) is 5.82 Å². The van der Waals surface area contributed by atoms with Gasteiger partial charge in [0.25, 0.3) is 5.56 Å². The number of nitrogens with zero attached hydrogens (tertiary/aromatic N) is 5. The van der Waals surface area contributed by atoms with Gasteiger partial charge in [0, 0.05) is 39.7 Å². The molecule has 6 nitrogen and oxygen atoms in total. The first-order chi connectivity index (χ1) is 8.09. The molecule has 17 heavy (non-hydrogen) atoms. The number of anilines is 1. The van der Waals surface area contributed by atoms with E-state index in [2.05, 4.69) is 10.1 Å². The van der Waals surface area contributed by atoms with Crippen molar-refractivity contribution in [2.45, 2.75) is 6.54 Å². The molecule has 0 aromatic carbocycles. The first kappa shape index (κ1) is 11.4. The molecule has 0 amide bonds. The normalized spacial score (nSPS) is 10.5. The molecule has 0 radical (unpaired) electrons. The zero-order valence-corrected chi connectivity index (χ0v) is 10.2. The van der Waals surface area contributed by atoms with Crippen LogP contribution in [0.25, 0.3) is 0 Å². The number of rotatable bonds is 3. The summed E-state index contributed by atoms with van der Waals surface area (Å²) in [6.07, 6.45) is 5.00. The standard InChI is InChI=1S/C11H15N5O/c1-14-7-6-12-10(11(14)17)15(2)8-9-4-5-13-16(9)3/h4-7H,8H2,1-3H3. The third kappa shape index (κ3) is 2.20. The summed E-state index contributed by atoms with van der Waals surface area (Å²) in [5.74, 6) is 0.441. The fraction of sp³-hybridized carbons (Fsp3) is 0.364. The summed E-state index contributed by atoms with van der Waals surface area (Å²) in [5, 5.41) is 4.09. The quantitative estimate of drug-likeness (QED) is 0.757. The van der Waals surface area contributed by atoms with Gasteiger partial charge in [-0.15, -0.1) is 0 Å². The molecule has 2 aromatic heterocycles. The third-order valence-corrected chi connectivity index (χ3v) is 2.68. The van der Waals surface area contributed by atoms with Crippen LogP contribution in [0.2, 0.25) is 0 Å². The average molecular weight is 233 g/mol. The SMILES string of the molecule is CN(Cc1ccnn1C)c1nccn(C)c1=O. The maximum absolute atomic E-state index is 11.9. The smallest absolute Gasteiger partial charge is 0.293 e. The van der Waals surface area contributed by atoms with Gasteiger partial charge in [0.1, 0.15) is 0 Å². The number of hydrogen-bond acceptors (Lipinski definition) is 4. The molecule has 0 N–H and O–H groups in total. The van der Waals surface area contributed by atoms with E-state index in [0.717, 1.165) is 5.69 Å². The topological polar surface area (TPSA) is 56.0 Å². The monoisotopic (exact) mass is 233 g/mol. The number of aromatic nitrogens is 4. The molecule has 0 atom stereocenters. The van der Waals surface area contributed by atoms with Crippen LogP contribution in [-0.4, -0.2) is 26.4 Å². The van der Waals surface area contributed by atoms with Crippen molar-refractivity contribution in [2.75, 3.05) is 11.9 Å². The predicted molar refractivity (Wildman–Crippen MR) is 64.8 cm³/mol. The maximum Gasteiger partial charge on any atom is 0.293 e. The van der Waals surface area contributed by atoms with Crippen molar-refractivity contribution < 1.29 is 0 Å². The molecule has 0 saturated carbocycles. The highest BCUT2D eigenvalue weighted by Gasteiger charge is 2.10. The van der Waals surface area contributed by atoms with Crippen molar-refractivity contribution >= 4 is 5.82 Å². The Labute approximate surface area is 99.1 Å². The van der Waals surface area contributed by atoms with Crippen LogP contribution in [0.1, 0.15) is 5.69 Å². The second-order valence-corrected chi connectivity index (χ2v) is 3.97. The van der Waals surface area contributed by atoms with Gasteiger partial charge >= 0.3 is 0 Å². The molecule has 0 aliphatic carbocycles. The van der Waals surface area contributed by atoms with Gasteiger partial charge in [-0.1, -0.05) is 0 Å². The molecule has 0 saturated heterocycles. The molecule has 0 spiro atoms. The molecule has 0 unspecified atom stereocenters. The largest absolute Gasteiger partial charge is 0.349 e. The Kier molecular flexibility index (Phi) is 2.95. The highest BCUT2D eigenvalue weighted by molar-refractivity contribution is 5.34. The van der Waals surface area contributed by atoms with Crippen LogP contribution in [0.3, 0.4) is 0 Å². The van der Waals surface area contributed by atoms with Gasteiger partial charge in [0.2, 0.25) is 0 Å². The van der Waals surface area contributed by atoms with E-state index >= 15 is 0 Å². The summed E-state index contributed by atoms with van der Waals surface area (Å²) >= 11 is 0. The summed E-state index contributed by atoms with van der Waals surface area (Å²) < 4.78 is 3.30. The Morgan fingerprint density at radius 1 is 1.35 bits per heavy atom. The van der Waals surface area contributed by atoms with E-state index in [9.17, 15) is 4.79 Å². The highest BCUT2D eigenvalue weighted by atomic mass is 16.1. The summed E-state index contributed by atoms with van der Waals surface area (Å²) in [4.78, 5) is 17.8. The fourth-order valence-electron chi connectivity index (χ4n) is 1.62. The maximum atomic E-state index is 11.9. The summed E-state index contributed by atoms with van der Waals surface area (Å²) in [6, 6.07) is 1.92. The summed E-state index contributed by atoms with van der Waals surface area (Å²) in [5.41, 5.74) is 0.928. The minimum absolute atomic E-state index is 0.0998. The van der Waals surface area contributed by atoms with Crippen molar-refractivity contribution in [3.63, 3.8) is 0 Å². The average Bonchev–Trinajstić information content (AvgIpc) is 2.68. The summed E-state index contributed by atoms with van der Waals surface area (Å²) in [7, 11) is 5.43. The lowest BCUT2D eigenvalue weighted by molar-refractivity contribution is 0.692. The summed E-state index contributed by atoms with van der Waals surface area (Å²) in [6.45, 7) is 0.600. The van der Waals surface area contributed by atoms with Crippen molar-refractivity contribution in [2.24, 2.45) is 14.1 Å². The van der Waals surface area contributed by atoms with Gasteiger partial charge in [-0.2, -0.15) is 5.10 Å². The Balaban J connectivity index is 2.26. The minimum Gasteiger partial charge on any atom is -0.349 e. The second-order valence-electron chi connectivity index (χ2n) is 3.97. The van der Waals surface area contributed by atoms with E-state index in [1.807, 2.05) is 25.1 Å². The molecule has 2 aromatic rings. The lowest BCUT2D eigenvalue weighted by Gasteiger charge is -2.17. The van der Waals surface area contributed by atoms with Gasteiger partial charge in [-0.25, -0.2) is 4.98 Å². The first-order valence-electron chi connectivity index (χ1n) is 5.29. The van der Waals surface area contributed by atoms with Gasteiger partial charge in [0.05, 0.1) is 12.2 Å². The highest BCUT2D eigenvalue weighted by Crippen LogP contribution is 2.06. The zero-order valence-electron chi connectivity index (χ0n) is 10.2. The molecule has 2 rings (SSSR count). The molecular weight excluding hydrogens is 218 g/mol. The van der Waals surface area contributed by atoms with Gasteiger partial charge in [-0.3, -0.25) is 9.48 Å². The van der Waals surface area contributed by atoms with E-state index in [1.54, 1.807) is 30.3 Å². The van der Waals surface area contributed by atoms with E-state index in [-0.39, 0.29) is 5.56 Å². The van der Waals surface area contributed by atoms with E-state index in [1.165, 1.54) is 4.57 Å². The zero-order chi connectivity index (χ0) is 12.4. The van der Waals surface area contributed by atoms with Crippen LogP contribution in [0.15, 0.2) is 29.5 Å². The molecule has 6 heteroatoms. The minimum atomic E-state index is -0.0998. The predicted octanol–water partition coefficient (Wildman–Crippen LogP) is 0.150. The molecule has 2 heterocycles. The third-order valence-electron chi connectivity index (χ3n) is 2.68. The molecule has 0 aliphatic heterocycles. The Morgan fingerprint density at radius 3 is 2.76 bits per heavy atom. The Morgan fingerprint density at radius 2 is 2.12 bits per heavy atom. The molecule has 90 valence electrons. The fourth-order valence-corrected chi connectivity index (χ4v) is 1.62. The Hall–Kier alpha value is -2.11. The van der Waals surface area contributed by atoms with Crippen molar-refractivity contribution in [1.29, 1.82) is 0 Å². The van der Waals surface area contributed by atoms with Crippen molar-refractivity contribution in [1.82, 2.24) is 19.3 Å². The van der Waals surface area contributed by atoms with Gasteiger partial charge < -0.3 is 9.47 Å². The van der Waals surface area contributed by atoms with Crippen LogP contribution < -0.4 is 10.5 Å². The van der Waals surface area contributed by atoms with Crippen molar-refractivity contribution in [3.8, 4) is 0 Å². The van der Waals surface area contributed by atoms with E-state index in [4.69, 9.17) is 0 Å². The van der Waals surface area contributed by atoms with Crippen LogP contribution in [0.5, 0.6) is 0 Å². The molecule has 0 aliphatic rings. The van der Waals surface area contributed by atoms with Crippen molar-refractivity contribution in [3.05, 3.63) is 40.7 Å². The van der Waals surface area contributed by atoms with E-state index in [0.29, 0.717) is 12.4 Å². The molecular formula is C11H15N5O. The first-order valence-corrected chi connectivity index (χ1v) is 5.29. The van der Waals surface area contributed by atoms with Crippen LogP contribution in [-0.2, 0) is 20.6 Å². The van der Waals surface area contributed by atoms with Crippen LogP contribution >= 0.6 is 0 Å². The molecule has 0 fully saturated rings. The lowest BCUT2D eigenvalue weighted by Crippen LogP contribution is -2.29. The van der Waals surface area contributed by atoms with Crippen LogP contribution in [0.4, 0.5) is 5.82 Å². The van der Waals surface area contributed by atoms with Gasteiger partial charge in [-0.05, 0) is 6.07 Å². The molecule has 0 bridgehead atoms. The lowest BCUT2D eigenvalue weighted by atomic mass is 10.4. The second kappa shape index (κ2) is 4.40. The Bertz CT molecular complexity index is 571.